The highest BCUT2D eigenvalue weighted by molar-refractivity contribution is 5.92. The van der Waals surface area contributed by atoms with Gasteiger partial charge in [0, 0.05) is 12.1 Å². The highest BCUT2D eigenvalue weighted by atomic mass is 16.3. The summed E-state index contributed by atoms with van der Waals surface area (Å²) in [6.45, 7) is 6.87. The van der Waals surface area contributed by atoms with Crippen molar-refractivity contribution in [1.29, 1.82) is 0 Å². The Morgan fingerprint density at radius 2 is 2.13 bits per heavy atom. The molecule has 0 radical (unpaired) electrons. The Morgan fingerprint density at radius 1 is 1.47 bits per heavy atom. The maximum Gasteiger partial charge on any atom is 0.287 e. The van der Waals surface area contributed by atoms with Crippen molar-refractivity contribution in [2.75, 3.05) is 6.54 Å². The van der Waals surface area contributed by atoms with Gasteiger partial charge in [0.1, 0.15) is 0 Å². The topological polar surface area (TPSA) is 42.2 Å². The van der Waals surface area contributed by atoms with Gasteiger partial charge < -0.3 is 9.73 Å². The summed E-state index contributed by atoms with van der Waals surface area (Å²) in [4.78, 5) is 11.7. The Morgan fingerprint density at radius 3 is 2.60 bits per heavy atom. The van der Waals surface area contributed by atoms with E-state index in [-0.39, 0.29) is 5.91 Å². The van der Waals surface area contributed by atoms with E-state index in [9.17, 15) is 4.79 Å². The lowest BCUT2D eigenvalue weighted by Crippen LogP contribution is -2.29. The summed E-state index contributed by atoms with van der Waals surface area (Å²) in [5.74, 6) is 0.884. The van der Waals surface area contributed by atoms with Crippen LogP contribution in [0, 0.1) is 12.8 Å². The molecule has 3 nitrogen and oxygen atoms in total. The Kier molecular flexibility index (Phi) is 4.40. The zero-order chi connectivity index (χ0) is 11.3. The SMILES string of the molecule is CCC(CC)CNC(=O)c1occc1C. The summed E-state index contributed by atoms with van der Waals surface area (Å²) in [6.07, 6.45) is 3.73. The fraction of sp³-hybridized carbons (Fsp3) is 0.583. The van der Waals surface area contributed by atoms with Crippen molar-refractivity contribution in [3.05, 3.63) is 23.7 Å². The van der Waals surface area contributed by atoms with Gasteiger partial charge >= 0.3 is 0 Å². The van der Waals surface area contributed by atoms with E-state index in [0.717, 1.165) is 24.9 Å². The Hall–Kier alpha value is -1.25. The first kappa shape index (κ1) is 11.8. The predicted molar refractivity (Wildman–Crippen MR) is 59.9 cm³/mol. The van der Waals surface area contributed by atoms with Crippen LogP contribution in [-0.4, -0.2) is 12.5 Å². The average Bonchev–Trinajstić information content (AvgIpc) is 2.66. The third kappa shape index (κ3) is 3.11. The fourth-order valence-corrected chi connectivity index (χ4v) is 1.50. The normalized spacial score (nSPS) is 10.7. The van der Waals surface area contributed by atoms with Crippen molar-refractivity contribution in [2.24, 2.45) is 5.92 Å². The van der Waals surface area contributed by atoms with Crippen molar-refractivity contribution in [1.82, 2.24) is 5.32 Å². The van der Waals surface area contributed by atoms with E-state index in [0.29, 0.717) is 11.7 Å². The molecule has 3 heteroatoms. The van der Waals surface area contributed by atoms with E-state index in [1.54, 1.807) is 12.3 Å². The van der Waals surface area contributed by atoms with Crippen LogP contribution in [0.3, 0.4) is 0 Å². The smallest absolute Gasteiger partial charge is 0.287 e. The zero-order valence-corrected chi connectivity index (χ0v) is 9.67. The molecule has 0 bridgehead atoms. The Balaban J connectivity index is 2.47. The number of nitrogens with one attached hydrogen (secondary N) is 1. The van der Waals surface area contributed by atoms with E-state index in [2.05, 4.69) is 19.2 Å². The van der Waals surface area contributed by atoms with E-state index in [4.69, 9.17) is 4.42 Å². The van der Waals surface area contributed by atoms with Crippen LogP contribution in [0.2, 0.25) is 0 Å². The quantitative estimate of drug-likeness (QED) is 0.810. The maximum atomic E-state index is 11.7. The molecule has 0 unspecified atom stereocenters. The number of amides is 1. The first-order valence-electron chi connectivity index (χ1n) is 5.51. The van der Waals surface area contributed by atoms with Crippen molar-refractivity contribution >= 4 is 5.91 Å². The van der Waals surface area contributed by atoms with Gasteiger partial charge in [-0.3, -0.25) is 4.79 Å². The van der Waals surface area contributed by atoms with Crippen LogP contribution in [0.1, 0.15) is 42.8 Å². The summed E-state index contributed by atoms with van der Waals surface area (Å²) in [5.41, 5.74) is 0.886. The minimum absolute atomic E-state index is 0.107. The molecule has 0 aliphatic carbocycles. The van der Waals surface area contributed by atoms with E-state index in [1.807, 2.05) is 6.92 Å². The third-order valence-electron chi connectivity index (χ3n) is 2.77. The molecule has 0 aliphatic heterocycles. The second-order valence-electron chi connectivity index (χ2n) is 3.83. The summed E-state index contributed by atoms with van der Waals surface area (Å²) < 4.78 is 5.11. The molecule has 1 heterocycles. The van der Waals surface area contributed by atoms with E-state index in [1.165, 1.54) is 0 Å². The molecule has 0 aliphatic rings. The van der Waals surface area contributed by atoms with Gasteiger partial charge in [-0.25, -0.2) is 0 Å². The van der Waals surface area contributed by atoms with Crippen molar-refractivity contribution < 1.29 is 9.21 Å². The molecule has 0 aromatic carbocycles. The largest absolute Gasteiger partial charge is 0.459 e. The van der Waals surface area contributed by atoms with Crippen LogP contribution in [0.4, 0.5) is 0 Å². The highest BCUT2D eigenvalue weighted by Gasteiger charge is 2.13. The van der Waals surface area contributed by atoms with Gasteiger partial charge in [0.2, 0.25) is 0 Å². The van der Waals surface area contributed by atoms with Crippen molar-refractivity contribution in [3.8, 4) is 0 Å². The Labute approximate surface area is 90.9 Å². The number of carbonyl (C=O) groups is 1. The highest BCUT2D eigenvalue weighted by Crippen LogP contribution is 2.09. The first-order valence-corrected chi connectivity index (χ1v) is 5.51. The number of furan rings is 1. The lowest BCUT2D eigenvalue weighted by Gasteiger charge is -2.12. The van der Waals surface area contributed by atoms with Crippen LogP contribution in [0.5, 0.6) is 0 Å². The molecule has 84 valence electrons. The van der Waals surface area contributed by atoms with E-state index >= 15 is 0 Å². The molecule has 1 N–H and O–H groups in total. The lowest BCUT2D eigenvalue weighted by molar-refractivity contribution is 0.0918. The molecule has 1 rings (SSSR count). The molecule has 0 saturated carbocycles. The van der Waals surface area contributed by atoms with Gasteiger partial charge in [-0.1, -0.05) is 26.7 Å². The summed E-state index contributed by atoms with van der Waals surface area (Å²) >= 11 is 0. The van der Waals surface area contributed by atoms with Crippen LogP contribution in [-0.2, 0) is 0 Å². The predicted octanol–water partition coefficient (Wildman–Crippen LogP) is 2.75. The minimum Gasteiger partial charge on any atom is -0.459 e. The van der Waals surface area contributed by atoms with Crippen molar-refractivity contribution in [3.63, 3.8) is 0 Å². The molecule has 0 spiro atoms. The van der Waals surface area contributed by atoms with Gasteiger partial charge in [0.05, 0.1) is 6.26 Å². The van der Waals surface area contributed by atoms with Crippen molar-refractivity contribution in [2.45, 2.75) is 33.6 Å². The van der Waals surface area contributed by atoms with Crippen LogP contribution in [0.25, 0.3) is 0 Å². The second-order valence-corrected chi connectivity index (χ2v) is 3.83. The van der Waals surface area contributed by atoms with Crippen LogP contribution in [0.15, 0.2) is 16.7 Å². The molecule has 0 atom stereocenters. The summed E-state index contributed by atoms with van der Waals surface area (Å²) in [5, 5.41) is 2.90. The molecule has 1 aromatic rings. The maximum absolute atomic E-state index is 11.7. The summed E-state index contributed by atoms with van der Waals surface area (Å²) in [7, 11) is 0. The monoisotopic (exact) mass is 209 g/mol. The Bertz CT molecular complexity index is 313. The number of hydrogen-bond acceptors (Lipinski definition) is 2. The van der Waals surface area contributed by atoms with Gasteiger partial charge in [-0.2, -0.15) is 0 Å². The molecule has 1 aromatic heterocycles. The minimum atomic E-state index is -0.107. The van der Waals surface area contributed by atoms with Gasteiger partial charge in [-0.05, 0) is 18.9 Å². The fourth-order valence-electron chi connectivity index (χ4n) is 1.50. The molecular formula is C12H19NO2. The first-order chi connectivity index (χ1) is 7.19. The molecule has 0 fully saturated rings. The number of aryl methyl sites for hydroxylation is 1. The lowest BCUT2D eigenvalue weighted by atomic mass is 10.0. The van der Waals surface area contributed by atoms with E-state index < -0.39 is 0 Å². The molecule has 1 amide bonds. The second kappa shape index (κ2) is 5.59. The average molecular weight is 209 g/mol. The summed E-state index contributed by atoms with van der Waals surface area (Å²) in [6, 6.07) is 1.80. The van der Waals surface area contributed by atoms with Gasteiger partial charge in [-0.15, -0.1) is 0 Å². The third-order valence-corrected chi connectivity index (χ3v) is 2.77. The standard InChI is InChI=1S/C12H19NO2/c1-4-10(5-2)8-13-12(14)11-9(3)6-7-15-11/h6-7,10H,4-5,8H2,1-3H3,(H,13,14). The number of carbonyl (C=O) groups excluding carboxylic acids is 1. The molecule has 0 saturated heterocycles. The number of hydrogen-bond donors (Lipinski definition) is 1. The van der Waals surface area contributed by atoms with Gasteiger partial charge in [0.25, 0.3) is 5.91 Å². The molecule has 15 heavy (non-hydrogen) atoms. The number of rotatable bonds is 5. The van der Waals surface area contributed by atoms with Gasteiger partial charge in [0.15, 0.2) is 5.76 Å². The van der Waals surface area contributed by atoms with Crippen LogP contribution >= 0.6 is 0 Å². The molecular weight excluding hydrogens is 190 g/mol. The zero-order valence-electron chi connectivity index (χ0n) is 9.67. The van der Waals surface area contributed by atoms with Crippen LogP contribution < -0.4 is 5.32 Å².